The molecular weight excluding hydrogens is 267 g/mol. The molecule has 1 unspecified atom stereocenters. The van der Waals surface area contributed by atoms with Crippen molar-refractivity contribution in [2.24, 2.45) is 0 Å². The van der Waals surface area contributed by atoms with E-state index in [0.29, 0.717) is 0 Å². The summed E-state index contributed by atoms with van der Waals surface area (Å²) in [4.78, 5) is 2.39. The van der Waals surface area contributed by atoms with Crippen LogP contribution in [-0.2, 0) is 4.74 Å². The Morgan fingerprint density at radius 1 is 1.14 bits per heavy atom. The predicted octanol–water partition coefficient (Wildman–Crippen LogP) is 3.22. The number of hydrogen-bond acceptors (Lipinski definition) is 3. The largest absolute Gasteiger partial charge is 0.380 e. The van der Waals surface area contributed by atoms with Gasteiger partial charge >= 0.3 is 0 Å². The molecule has 0 saturated heterocycles. The Hall–Kier alpha value is -0.970. The highest BCUT2D eigenvalue weighted by Gasteiger charge is 2.12. The number of nitrogens with one attached hydrogen (secondary N) is 1. The molecule has 0 aliphatic rings. The first-order valence-corrected chi connectivity index (χ1v) is 8.00. The van der Waals surface area contributed by atoms with Crippen LogP contribution >= 0.6 is 0 Å². The van der Waals surface area contributed by atoms with Gasteiger partial charge in [0.05, 0.1) is 6.61 Å². The Bertz CT molecular complexity index is 370. The number of hydrogen-bond donors (Lipinski definition) is 1. The Labute approximate surface area is 128 Å². The Morgan fingerprint density at radius 2 is 1.86 bits per heavy atom. The molecule has 0 radical (unpaired) electrons. The van der Waals surface area contributed by atoms with Crippen molar-refractivity contribution in [2.45, 2.75) is 33.2 Å². The van der Waals surface area contributed by atoms with Gasteiger partial charge < -0.3 is 15.0 Å². The third-order valence-electron chi connectivity index (χ3n) is 3.66. The molecule has 0 saturated carbocycles. The number of nitrogens with zero attached hydrogens (tertiary/aromatic N) is 1. The smallest absolute Gasteiger partial charge is 0.123 e. The maximum atomic E-state index is 13.0. The SMILES string of the molecule is CCNC(CCN(CC)CCOCC)c1ccc(F)cc1. The molecule has 0 bridgehead atoms. The normalized spacial score (nSPS) is 12.8. The van der Waals surface area contributed by atoms with E-state index in [9.17, 15) is 4.39 Å². The van der Waals surface area contributed by atoms with Gasteiger partial charge in [0.25, 0.3) is 0 Å². The van der Waals surface area contributed by atoms with Crippen LogP contribution in [0.2, 0.25) is 0 Å². The summed E-state index contributed by atoms with van der Waals surface area (Å²) in [7, 11) is 0. The third-order valence-corrected chi connectivity index (χ3v) is 3.66. The first-order chi connectivity index (χ1) is 10.2. The topological polar surface area (TPSA) is 24.5 Å². The first-order valence-electron chi connectivity index (χ1n) is 8.00. The van der Waals surface area contributed by atoms with Gasteiger partial charge in [0.1, 0.15) is 5.82 Å². The molecule has 1 N–H and O–H groups in total. The second-order valence-corrected chi connectivity index (χ2v) is 5.08. The molecule has 0 aromatic heterocycles. The molecule has 0 fully saturated rings. The molecule has 1 rings (SSSR count). The Kier molecular flexibility index (Phi) is 9.22. The molecule has 1 atom stereocenters. The van der Waals surface area contributed by atoms with E-state index in [2.05, 4.69) is 24.1 Å². The van der Waals surface area contributed by atoms with Gasteiger partial charge in [-0.15, -0.1) is 0 Å². The fraction of sp³-hybridized carbons (Fsp3) is 0.647. The van der Waals surface area contributed by atoms with Gasteiger partial charge in [-0.2, -0.15) is 0 Å². The average Bonchev–Trinajstić information content (AvgIpc) is 2.50. The molecule has 0 aliphatic heterocycles. The van der Waals surface area contributed by atoms with E-state index >= 15 is 0 Å². The molecular formula is C17H29FN2O. The van der Waals surface area contributed by atoms with E-state index in [1.54, 1.807) is 0 Å². The van der Waals surface area contributed by atoms with Crippen molar-refractivity contribution in [1.82, 2.24) is 10.2 Å². The summed E-state index contributed by atoms with van der Waals surface area (Å²) in [6, 6.07) is 7.09. The van der Waals surface area contributed by atoms with Crippen LogP contribution in [-0.4, -0.2) is 44.3 Å². The summed E-state index contributed by atoms with van der Waals surface area (Å²) in [5, 5.41) is 3.48. The molecule has 1 aromatic rings. The fourth-order valence-electron chi connectivity index (χ4n) is 2.41. The maximum Gasteiger partial charge on any atom is 0.123 e. The van der Waals surface area contributed by atoms with Gasteiger partial charge in [0.15, 0.2) is 0 Å². The average molecular weight is 296 g/mol. The Balaban J connectivity index is 2.51. The van der Waals surface area contributed by atoms with Crippen molar-refractivity contribution in [3.05, 3.63) is 35.6 Å². The molecule has 0 aliphatic carbocycles. The van der Waals surface area contributed by atoms with Crippen LogP contribution in [0.15, 0.2) is 24.3 Å². The highest BCUT2D eigenvalue weighted by atomic mass is 19.1. The van der Waals surface area contributed by atoms with Crippen LogP contribution in [0.3, 0.4) is 0 Å². The first kappa shape index (κ1) is 18.1. The number of halogens is 1. The lowest BCUT2D eigenvalue weighted by atomic mass is 10.0. The van der Waals surface area contributed by atoms with E-state index in [0.717, 1.165) is 51.4 Å². The molecule has 0 spiro atoms. The van der Waals surface area contributed by atoms with Gasteiger partial charge in [-0.05, 0) is 44.1 Å². The third kappa shape index (κ3) is 7.02. The molecule has 0 amide bonds. The summed E-state index contributed by atoms with van der Waals surface area (Å²) < 4.78 is 18.5. The van der Waals surface area contributed by atoms with Crippen LogP contribution < -0.4 is 5.32 Å². The Morgan fingerprint density at radius 3 is 2.43 bits per heavy atom. The molecule has 120 valence electrons. The summed E-state index contributed by atoms with van der Waals surface area (Å²) in [5.41, 5.74) is 1.15. The van der Waals surface area contributed by atoms with Crippen LogP contribution in [0.25, 0.3) is 0 Å². The highest BCUT2D eigenvalue weighted by molar-refractivity contribution is 5.19. The lowest BCUT2D eigenvalue weighted by Crippen LogP contribution is -2.32. The van der Waals surface area contributed by atoms with Gasteiger partial charge in [0, 0.05) is 25.7 Å². The number of likely N-dealkylation sites (N-methyl/N-ethyl adjacent to an activating group) is 1. The maximum absolute atomic E-state index is 13.0. The number of benzene rings is 1. The van der Waals surface area contributed by atoms with E-state index < -0.39 is 0 Å². The lowest BCUT2D eigenvalue weighted by Gasteiger charge is -2.24. The second kappa shape index (κ2) is 10.7. The zero-order valence-electron chi connectivity index (χ0n) is 13.6. The summed E-state index contributed by atoms with van der Waals surface area (Å²) in [5.74, 6) is -0.180. The summed E-state index contributed by atoms with van der Waals surface area (Å²) in [6.07, 6.45) is 1.01. The van der Waals surface area contributed by atoms with Crippen LogP contribution in [0.4, 0.5) is 4.39 Å². The van der Waals surface area contributed by atoms with Gasteiger partial charge in [-0.3, -0.25) is 0 Å². The van der Waals surface area contributed by atoms with Crippen LogP contribution in [0, 0.1) is 5.82 Å². The minimum absolute atomic E-state index is 0.180. The van der Waals surface area contributed by atoms with E-state index in [-0.39, 0.29) is 11.9 Å². The zero-order chi connectivity index (χ0) is 15.5. The van der Waals surface area contributed by atoms with Crippen molar-refractivity contribution >= 4 is 0 Å². The van der Waals surface area contributed by atoms with Crippen molar-refractivity contribution in [3.8, 4) is 0 Å². The van der Waals surface area contributed by atoms with Gasteiger partial charge in [-0.25, -0.2) is 4.39 Å². The monoisotopic (exact) mass is 296 g/mol. The minimum atomic E-state index is -0.180. The van der Waals surface area contributed by atoms with Gasteiger partial charge in [-0.1, -0.05) is 26.0 Å². The predicted molar refractivity (Wildman–Crippen MR) is 86.0 cm³/mol. The number of rotatable bonds is 11. The molecule has 21 heavy (non-hydrogen) atoms. The van der Waals surface area contributed by atoms with Gasteiger partial charge in [0.2, 0.25) is 0 Å². The summed E-state index contributed by atoms with van der Waals surface area (Å²) >= 11 is 0. The van der Waals surface area contributed by atoms with Crippen molar-refractivity contribution in [3.63, 3.8) is 0 Å². The van der Waals surface area contributed by atoms with Crippen molar-refractivity contribution in [2.75, 3.05) is 39.4 Å². The van der Waals surface area contributed by atoms with Crippen molar-refractivity contribution < 1.29 is 9.13 Å². The van der Waals surface area contributed by atoms with Crippen LogP contribution in [0.5, 0.6) is 0 Å². The quantitative estimate of drug-likeness (QED) is 0.635. The lowest BCUT2D eigenvalue weighted by molar-refractivity contribution is 0.113. The highest BCUT2D eigenvalue weighted by Crippen LogP contribution is 2.17. The standard InChI is InChI=1S/C17H29FN2O/c1-4-19-17(15-7-9-16(18)10-8-15)11-12-20(5-2)13-14-21-6-3/h7-10,17,19H,4-6,11-14H2,1-3H3. The fourth-order valence-corrected chi connectivity index (χ4v) is 2.41. The molecule has 1 aromatic carbocycles. The molecule has 4 heteroatoms. The van der Waals surface area contributed by atoms with Crippen LogP contribution in [0.1, 0.15) is 38.8 Å². The molecule has 3 nitrogen and oxygen atoms in total. The minimum Gasteiger partial charge on any atom is -0.380 e. The van der Waals surface area contributed by atoms with E-state index in [4.69, 9.17) is 4.74 Å². The summed E-state index contributed by atoms with van der Waals surface area (Å²) in [6.45, 7) is 11.8. The second-order valence-electron chi connectivity index (χ2n) is 5.08. The van der Waals surface area contributed by atoms with E-state index in [1.165, 1.54) is 12.1 Å². The number of ether oxygens (including phenoxy) is 1. The van der Waals surface area contributed by atoms with Crippen molar-refractivity contribution in [1.29, 1.82) is 0 Å². The van der Waals surface area contributed by atoms with E-state index in [1.807, 2.05) is 19.1 Å². The molecule has 0 heterocycles. The zero-order valence-corrected chi connectivity index (χ0v) is 13.6.